The van der Waals surface area contributed by atoms with Crippen LogP contribution in [0.2, 0.25) is 0 Å². The number of aliphatic hydroxyl groups is 1. The van der Waals surface area contributed by atoms with E-state index in [9.17, 15) is 9.50 Å². The zero-order chi connectivity index (χ0) is 14.4. The van der Waals surface area contributed by atoms with Crippen molar-refractivity contribution >= 4 is 5.69 Å². The summed E-state index contributed by atoms with van der Waals surface area (Å²) in [6, 6.07) is 4.57. The number of benzene rings is 1. The summed E-state index contributed by atoms with van der Waals surface area (Å²) in [6.07, 6.45) is -0.692. The van der Waals surface area contributed by atoms with Gasteiger partial charge in [0, 0.05) is 31.5 Å². The van der Waals surface area contributed by atoms with Gasteiger partial charge in [0.2, 0.25) is 0 Å². The second kappa shape index (κ2) is 7.46. The molecular weight excluding hydrogens is 245 g/mol. The Morgan fingerprint density at radius 1 is 1.32 bits per heavy atom. The van der Waals surface area contributed by atoms with Gasteiger partial charge in [-0.3, -0.25) is 0 Å². The van der Waals surface area contributed by atoms with Crippen molar-refractivity contribution in [2.45, 2.75) is 26.9 Å². The fourth-order valence-corrected chi connectivity index (χ4v) is 2.10. The zero-order valence-corrected chi connectivity index (χ0v) is 12.2. The number of hydrogen-bond donors (Lipinski definition) is 1. The van der Waals surface area contributed by atoms with Gasteiger partial charge in [-0.2, -0.15) is 0 Å². The van der Waals surface area contributed by atoms with Gasteiger partial charge >= 0.3 is 0 Å². The lowest BCUT2D eigenvalue weighted by Crippen LogP contribution is -2.32. The Labute approximate surface area is 115 Å². The van der Waals surface area contributed by atoms with Gasteiger partial charge in [0.25, 0.3) is 0 Å². The van der Waals surface area contributed by atoms with Crippen molar-refractivity contribution in [1.29, 1.82) is 0 Å². The van der Waals surface area contributed by atoms with Gasteiger partial charge in [0.15, 0.2) is 0 Å². The molecule has 0 aliphatic heterocycles. The van der Waals surface area contributed by atoms with Gasteiger partial charge in [-0.15, -0.1) is 0 Å². The van der Waals surface area contributed by atoms with Gasteiger partial charge in [0.05, 0.1) is 12.7 Å². The predicted octanol–water partition coefficient (Wildman–Crippen LogP) is 2.99. The molecule has 19 heavy (non-hydrogen) atoms. The molecule has 1 rings (SSSR count). The second-order valence-electron chi connectivity index (χ2n) is 5.21. The van der Waals surface area contributed by atoms with Crippen molar-refractivity contribution in [2.24, 2.45) is 5.92 Å². The molecule has 0 saturated carbocycles. The third-order valence-electron chi connectivity index (χ3n) is 2.93. The fourth-order valence-electron chi connectivity index (χ4n) is 2.10. The van der Waals surface area contributed by atoms with E-state index in [0.717, 1.165) is 18.8 Å². The third-order valence-corrected chi connectivity index (χ3v) is 2.93. The van der Waals surface area contributed by atoms with Gasteiger partial charge in [0.1, 0.15) is 5.82 Å². The summed E-state index contributed by atoms with van der Waals surface area (Å²) < 4.78 is 18.5. The van der Waals surface area contributed by atoms with Crippen LogP contribution in [0, 0.1) is 11.7 Å². The second-order valence-corrected chi connectivity index (χ2v) is 5.21. The fraction of sp³-hybridized carbons (Fsp3) is 0.600. The van der Waals surface area contributed by atoms with Crippen molar-refractivity contribution in [3.63, 3.8) is 0 Å². The first-order valence-corrected chi connectivity index (χ1v) is 6.67. The number of rotatable bonds is 7. The SMILES string of the molecule is COCCN(CC(C)C)c1ccc(F)cc1[C@H](C)O. The average Bonchev–Trinajstić information content (AvgIpc) is 2.34. The van der Waals surface area contributed by atoms with E-state index < -0.39 is 6.10 Å². The summed E-state index contributed by atoms with van der Waals surface area (Å²) >= 11 is 0. The van der Waals surface area contributed by atoms with Gasteiger partial charge in [-0.1, -0.05) is 13.8 Å². The van der Waals surface area contributed by atoms with Crippen molar-refractivity contribution in [2.75, 3.05) is 31.7 Å². The molecule has 0 aliphatic rings. The summed E-state index contributed by atoms with van der Waals surface area (Å²) in [5.74, 6) is 0.152. The van der Waals surface area contributed by atoms with Crippen LogP contribution in [-0.2, 0) is 4.74 Å². The van der Waals surface area contributed by atoms with Crippen LogP contribution in [0.1, 0.15) is 32.4 Å². The van der Waals surface area contributed by atoms with Crippen LogP contribution in [0.3, 0.4) is 0 Å². The van der Waals surface area contributed by atoms with Crippen molar-refractivity contribution in [3.05, 3.63) is 29.6 Å². The molecule has 1 N–H and O–H groups in total. The molecule has 0 aromatic heterocycles. The molecular formula is C15H24FNO2. The Bertz CT molecular complexity index is 394. The van der Waals surface area contributed by atoms with Gasteiger partial charge in [-0.25, -0.2) is 4.39 Å². The van der Waals surface area contributed by atoms with Crippen molar-refractivity contribution in [3.8, 4) is 0 Å². The van der Waals surface area contributed by atoms with E-state index in [1.54, 1.807) is 20.1 Å². The molecule has 4 heteroatoms. The minimum atomic E-state index is -0.692. The highest BCUT2D eigenvalue weighted by Gasteiger charge is 2.16. The maximum Gasteiger partial charge on any atom is 0.123 e. The van der Waals surface area contributed by atoms with Crippen LogP contribution in [-0.4, -0.2) is 31.9 Å². The van der Waals surface area contributed by atoms with Gasteiger partial charge < -0.3 is 14.7 Å². The maximum absolute atomic E-state index is 13.3. The molecule has 0 amide bonds. The van der Waals surface area contributed by atoms with Crippen LogP contribution in [0.25, 0.3) is 0 Å². The Morgan fingerprint density at radius 2 is 2.00 bits per heavy atom. The Hall–Kier alpha value is -1.13. The van der Waals surface area contributed by atoms with E-state index in [1.807, 2.05) is 0 Å². The summed E-state index contributed by atoms with van der Waals surface area (Å²) in [7, 11) is 1.66. The zero-order valence-electron chi connectivity index (χ0n) is 12.2. The van der Waals surface area contributed by atoms with E-state index in [-0.39, 0.29) is 5.82 Å². The van der Waals surface area contributed by atoms with Crippen LogP contribution in [0.4, 0.5) is 10.1 Å². The lowest BCUT2D eigenvalue weighted by atomic mass is 10.1. The first-order valence-electron chi connectivity index (χ1n) is 6.67. The van der Waals surface area contributed by atoms with Gasteiger partial charge in [-0.05, 0) is 31.0 Å². The molecule has 0 spiro atoms. The monoisotopic (exact) mass is 269 g/mol. The molecule has 0 radical (unpaired) electrons. The normalized spacial score (nSPS) is 12.8. The molecule has 0 bridgehead atoms. The van der Waals surface area contributed by atoms with Crippen LogP contribution < -0.4 is 4.90 Å². The molecule has 108 valence electrons. The maximum atomic E-state index is 13.3. The molecule has 0 unspecified atom stereocenters. The lowest BCUT2D eigenvalue weighted by molar-refractivity contribution is 0.196. The molecule has 0 aliphatic carbocycles. The highest BCUT2D eigenvalue weighted by Crippen LogP contribution is 2.27. The average molecular weight is 269 g/mol. The van der Waals surface area contributed by atoms with Crippen LogP contribution in [0.5, 0.6) is 0 Å². The molecule has 0 heterocycles. The highest BCUT2D eigenvalue weighted by atomic mass is 19.1. The Kier molecular flexibility index (Phi) is 6.25. The highest BCUT2D eigenvalue weighted by molar-refractivity contribution is 5.54. The van der Waals surface area contributed by atoms with Crippen molar-refractivity contribution in [1.82, 2.24) is 0 Å². The van der Waals surface area contributed by atoms with E-state index in [2.05, 4.69) is 18.7 Å². The Balaban J connectivity index is 3.05. The molecule has 0 saturated heterocycles. The van der Waals surface area contributed by atoms with E-state index in [1.165, 1.54) is 12.1 Å². The largest absolute Gasteiger partial charge is 0.389 e. The molecule has 1 aromatic rings. The third kappa shape index (κ3) is 4.80. The lowest BCUT2D eigenvalue weighted by Gasteiger charge is -2.29. The van der Waals surface area contributed by atoms with Crippen molar-refractivity contribution < 1.29 is 14.2 Å². The summed E-state index contributed by atoms with van der Waals surface area (Å²) in [5, 5.41) is 9.81. The number of aliphatic hydroxyl groups excluding tert-OH is 1. The van der Waals surface area contributed by atoms with Crippen LogP contribution >= 0.6 is 0 Å². The molecule has 3 nitrogen and oxygen atoms in total. The number of nitrogens with zero attached hydrogens (tertiary/aromatic N) is 1. The summed E-state index contributed by atoms with van der Waals surface area (Å²) in [5.41, 5.74) is 1.50. The predicted molar refractivity (Wildman–Crippen MR) is 76.0 cm³/mol. The van der Waals surface area contributed by atoms with E-state index in [0.29, 0.717) is 18.1 Å². The minimum Gasteiger partial charge on any atom is -0.389 e. The molecule has 1 atom stereocenters. The number of methoxy groups -OCH3 is 1. The topological polar surface area (TPSA) is 32.7 Å². The van der Waals surface area contributed by atoms with E-state index >= 15 is 0 Å². The van der Waals surface area contributed by atoms with E-state index in [4.69, 9.17) is 4.74 Å². The van der Waals surface area contributed by atoms with Crippen LogP contribution in [0.15, 0.2) is 18.2 Å². The quantitative estimate of drug-likeness (QED) is 0.826. The Morgan fingerprint density at radius 3 is 2.53 bits per heavy atom. The molecule has 0 fully saturated rings. The molecule has 1 aromatic carbocycles. The summed E-state index contributed by atoms with van der Waals surface area (Å²) in [4.78, 5) is 2.13. The first kappa shape index (κ1) is 15.9. The first-order chi connectivity index (χ1) is 8.95. The summed E-state index contributed by atoms with van der Waals surface area (Å²) in [6.45, 7) is 8.08. The minimum absolute atomic E-state index is 0.323. The number of anilines is 1. The number of halogens is 1. The smallest absolute Gasteiger partial charge is 0.123 e. The number of ether oxygens (including phenoxy) is 1. The standard InChI is InChI=1S/C15H24FNO2/c1-11(2)10-17(7-8-19-4)15-6-5-13(16)9-14(15)12(3)18/h5-6,9,11-12,18H,7-8,10H2,1-4H3/t12-/m0/s1. The number of hydrogen-bond acceptors (Lipinski definition) is 3.